The van der Waals surface area contributed by atoms with Crippen molar-refractivity contribution in [2.75, 3.05) is 26.7 Å². The molecule has 2 aliphatic heterocycles. The van der Waals surface area contributed by atoms with E-state index in [4.69, 9.17) is 0 Å². The molecule has 0 bridgehead atoms. The van der Waals surface area contributed by atoms with Gasteiger partial charge in [0.05, 0.1) is 7.11 Å². The average molecular weight is 240 g/mol. The Balaban J connectivity index is 1.73. The monoisotopic (exact) mass is 240 g/mol. The molecule has 0 aromatic carbocycles. The summed E-state index contributed by atoms with van der Waals surface area (Å²) in [5.41, 5.74) is 0. The molecule has 4 nitrogen and oxygen atoms in total. The van der Waals surface area contributed by atoms with E-state index < -0.39 is 0 Å². The van der Waals surface area contributed by atoms with Crippen LogP contribution in [0.25, 0.3) is 0 Å². The summed E-state index contributed by atoms with van der Waals surface area (Å²) in [5.74, 6) is -0.0836. The van der Waals surface area contributed by atoms with Crippen LogP contribution in [0.15, 0.2) is 0 Å². The molecule has 2 rings (SSSR count). The highest BCUT2D eigenvalue weighted by atomic mass is 16.5. The molecule has 2 atom stereocenters. The van der Waals surface area contributed by atoms with Gasteiger partial charge < -0.3 is 10.1 Å². The molecule has 0 aromatic heterocycles. The lowest BCUT2D eigenvalue weighted by Gasteiger charge is -2.29. The van der Waals surface area contributed by atoms with Crippen molar-refractivity contribution in [3.63, 3.8) is 0 Å². The standard InChI is InChI=1S/C13H24N2O2/c1-17-13(16)7-4-10-15-9-3-6-12(15)11-5-2-8-14-11/h11-12,14H,2-10H2,1H3. The highest BCUT2D eigenvalue weighted by Gasteiger charge is 2.32. The summed E-state index contributed by atoms with van der Waals surface area (Å²) < 4.78 is 4.67. The van der Waals surface area contributed by atoms with Gasteiger partial charge in [-0.05, 0) is 51.7 Å². The third-order valence-corrected chi connectivity index (χ3v) is 4.03. The molecule has 0 aliphatic carbocycles. The second-order valence-electron chi connectivity index (χ2n) is 5.13. The van der Waals surface area contributed by atoms with Gasteiger partial charge in [0.2, 0.25) is 0 Å². The summed E-state index contributed by atoms with van der Waals surface area (Å²) in [6.45, 7) is 3.42. The average Bonchev–Trinajstić information content (AvgIpc) is 2.98. The van der Waals surface area contributed by atoms with E-state index >= 15 is 0 Å². The number of nitrogens with one attached hydrogen (secondary N) is 1. The van der Waals surface area contributed by atoms with Crippen LogP contribution in [0.3, 0.4) is 0 Å². The Morgan fingerprint density at radius 1 is 1.41 bits per heavy atom. The molecule has 1 N–H and O–H groups in total. The molecule has 0 radical (unpaired) electrons. The first-order valence-corrected chi connectivity index (χ1v) is 6.85. The number of carbonyl (C=O) groups excluding carboxylic acids is 1. The van der Waals surface area contributed by atoms with Crippen molar-refractivity contribution >= 4 is 5.97 Å². The minimum Gasteiger partial charge on any atom is -0.469 e. The van der Waals surface area contributed by atoms with Gasteiger partial charge in [-0.3, -0.25) is 9.69 Å². The number of esters is 1. The molecule has 2 aliphatic rings. The Morgan fingerprint density at radius 3 is 3.00 bits per heavy atom. The van der Waals surface area contributed by atoms with Crippen molar-refractivity contribution in [1.82, 2.24) is 10.2 Å². The van der Waals surface area contributed by atoms with Gasteiger partial charge in [0, 0.05) is 18.5 Å². The fourth-order valence-corrected chi connectivity index (χ4v) is 3.15. The fraction of sp³-hybridized carbons (Fsp3) is 0.923. The highest BCUT2D eigenvalue weighted by Crippen LogP contribution is 2.24. The van der Waals surface area contributed by atoms with E-state index in [9.17, 15) is 4.79 Å². The van der Waals surface area contributed by atoms with Crippen molar-refractivity contribution in [3.8, 4) is 0 Å². The van der Waals surface area contributed by atoms with Crippen LogP contribution in [-0.4, -0.2) is 49.7 Å². The SMILES string of the molecule is COC(=O)CCCN1CCCC1C1CCCN1. The molecule has 2 heterocycles. The zero-order valence-corrected chi connectivity index (χ0v) is 10.8. The van der Waals surface area contributed by atoms with E-state index in [2.05, 4.69) is 15.0 Å². The van der Waals surface area contributed by atoms with Crippen LogP contribution in [0.5, 0.6) is 0 Å². The number of likely N-dealkylation sites (tertiary alicyclic amines) is 1. The minimum atomic E-state index is -0.0836. The lowest BCUT2D eigenvalue weighted by molar-refractivity contribution is -0.140. The molecular formula is C13H24N2O2. The Kier molecular flexibility index (Phi) is 4.80. The summed E-state index contributed by atoms with van der Waals surface area (Å²) >= 11 is 0. The minimum absolute atomic E-state index is 0.0836. The molecular weight excluding hydrogens is 216 g/mol. The number of rotatable bonds is 5. The van der Waals surface area contributed by atoms with Crippen LogP contribution in [-0.2, 0) is 9.53 Å². The molecule has 2 fully saturated rings. The van der Waals surface area contributed by atoms with Gasteiger partial charge >= 0.3 is 5.97 Å². The van der Waals surface area contributed by atoms with E-state index in [1.807, 2.05) is 0 Å². The Morgan fingerprint density at radius 2 is 2.29 bits per heavy atom. The number of carbonyl (C=O) groups is 1. The summed E-state index contributed by atoms with van der Waals surface area (Å²) in [7, 11) is 1.46. The van der Waals surface area contributed by atoms with Gasteiger partial charge in [0.15, 0.2) is 0 Å². The highest BCUT2D eigenvalue weighted by molar-refractivity contribution is 5.69. The first-order valence-electron chi connectivity index (χ1n) is 6.85. The summed E-state index contributed by atoms with van der Waals surface area (Å²) in [6, 6.07) is 1.39. The Labute approximate surface area is 104 Å². The smallest absolute Gasteiger partial charge is 0.305 e. The zero-order chi connectivity index (χ0) is 12.1. The van der Waals surface area contributed by atoms with E-state index in [1.165, 1.54) is 45.9 Å². The van der Waals surface area contributed by atoms with Crippen molar-refractivity contribution in [2.24, 2.45) is 0 Å². The van der Waals surface area contributed by atoms with Crippen LogP contribution in [0.2, 0.25) is 0 Å². The molecule has 2 saturated heterocycles. The van der Waals surface area contributed by atoms with Gasteiger partial charge in [0.1, 0.15) is 0 Å². The normalized spacial score (nSPS) is 29.7. The second kappa shape index (κ2) is 6.36. The second-order valence-corrected chi connectivity index (χ2v) is 5.13. The summed E-state index contributed by atoms with van der Waals surface area (Å²) in [5, 5.41) is 3.61. The van der Waals surface area contributed by atoms with Crippen molar-refractivity contribution in [1.29, 1.82) is 0 Å². The maximum absolute atomic E-state index is 11.1. The van der Waals surface area contributed by atoms with Crippen LogP contribution >= 0.6 is 0 Å². The maximum Gasteiger partial charge on any atom is 0.305 e. The maximum atomic E-state index is 11.1. The first-order chi connectivity index (χ1) is 8.31. The van der Waals surface area contributed by atoms with Crippen molar-refractivity contribution in [2.45, 2.75) is 50.6 Å². The van der Waals surface area contributed by atoms with Crippen molar-refractivity contribution in [3.05, 3.63) is 0 Å². The fourth-order valence-electron chi connectivity index (χ4n) is 3.15. The predicted molar refractivity (Wildman–Crippen MR) is 66.9 cm³/mol. The Bertz CT molecular complexity index is 252. The molecule has 0 saturated carbocycles. The van der Waals surface area contributed by atoms with Crippen LogP contribution in [0.4, 0.5) is 0 Å². The van der Waals surface area contributed by atoms with Crippen molar-refractivity contribution < 1.29 is 9.53 Å². The molecule has 98 valence electrons. The third kappa shape index (κ3) is 3.42. The first kappa shape index (κ1) is 12.8. The summed E-state index contributed by atoms with van der Waals surface area (Å²) in [6.07, 6.45) is 6.74. The third-order valence-electron chi connectivity index (χ3n) is 4.03. The molecule has 0 aromatic rings. The predicted octanol–water partition coefficient (Wildman–Crippen LogP) is 1.16. The van der Waals surface area contributed by atoms with E-state index in [0.29, 0.717) is 18.5 Å². The number of hydrogen-bond acceptors (Lipinski definition) is 4. The molecule has 0 amide bonds. The van der Waals surface area contributed by atoms with E-state index in [0.717, 1.165) is 13.0 Å². The quantitative estimate of drug-likeness (QED) is 0.732. The molecule has 2 unspecified atom stereocenters. The number of methoxy groups -OCH3 is 1. The van der Waals surface area contributed by atoms with Gasteiger partial charge in [-0.2, -0.15) is 0 Å². The molecule has 17 heavy (non-hydrogen) atoms. The Hall–Kier alpha value is -0.610. The number of nitrogens with zero attached hydrogens (tertiary/aromatic N) is 1. The lowest BCUT2D eigenvalue weighted by Crippen LogP contribution is -2.44. The molecule has 0 spiro atoms. The van der Waals surface area contributed by atoms with E-state index in [1.54, 1.807) is 0 Å². The largest absolute Gasteiger partial charge is 0.469 e. The van der Waals surface area contributed by atoms with Crippen LogP contribution in [0.1, 0.15) is 38.5 Å². The van der Waals surface area contributed by atoms with Gasteiger partial charge in [0.25, 0.3) is 0 Å². The van der Waals surface area contributed by atoms with Crippen LogP contribution in [0, 0.1) is 0 Å². The summed E-state index contributed by atoms with van der Waals surface area (Å²) in [4.78, 5) is 13.6. The van der Waals surface area contributed by atoms with Gasteiger partial charge in [-0.1, -0.05) is 0 Å². The van der Waals surface area contributed by atoms with E-state index in [-0.39, 0.29) is 5.97 Å². The molecule has 4 heteroatoms. The zero-order valence-electron chi connectivity index (χ0n) is 10.8. The van der Waals surface area contributed by atoms with Gasteiger partial charge in [-0.25, -0.2) is 0 Å². The number of ether oxygens (including phenoxy) is 1. The topological polar surface area (TPSA) is 41.6 Å². The van der Waals surface area contributed by atoms with Crippen LogP contribution < -0.4 is 5.32 Å². The number of hydrogen-bond donors (Lipinski definition) is 1. The lowest BCUT2D eigenvalue weighted by atomic mass is 10.0. The van der Waals surface area contributed by atoms with Gasteiger partial charge in [-0.15, -0.1) is 0 Å².